The molecular formula is C20H18N2O3S. The Bertz CT molecular complexity index is 889. The Morgan fingerprint density at radius 2 is 1.81 bits per heavy atom. The lowest BCUT2D eigenvalue weighted by Crippen LogP contribution is -2.12. The third-order valence-electron chi connectivity index (χ3n) is 3.64. The monoisotopic (exact) mass is 366 g/mol. The van der Waals surface area contributed by atoms with Crippen molar-refractivity contribution in [2.24, 2.45) is 0 Å². The number of hydrogen-bond donors (Lipinski definition) is 1. The highest BCUT2D eigenvalue weighted by molar-refractivity contribution is 7.12. The van der Waals surface area contributed by atoms with Crippen LogP contribution in [0.2, 0.25) is 0 Å². The zero-order valence-electron chi connectivity index (χ0n) is 14.3. The number of carbonyl (C=O) groups excluding carboxylic acids is 2. The molecule has 2 aromatic carbocycles. The average molecular weight is 366 g/mol. The van der Waals surface area contributed by atoms with Gasteiger partial charge in [0.05, 0.1) is 23.4 Å². The highest BCUT2D eigenvalue weighted by Crippen LogP contribution is 2.26. The summed E-state index contributed by atoms with van der Waals surface area (Å²) in [6.07, 6.45) is 0.776. The Hall–Kier alpha value is -2.99. The molecule has 0 saturated heterocycles. The molecule has 26 heavy (non-hydrogen) atoms. The Morgan fingerprint density at radius 3 is 2.50 bits per heavy atom. The predicted octanol–water partition coefficient (Wildman–Crippen LogP) is 4.63. The van der Waals surface area contributed by atoms with Crippen LogP contribution in [0.1, 0.15) is 33.4 Å². The van der Waals surface area contributed by atoms with Crippen LogP contribution >= 0.6 is 11.3 Å². The van der Waals surface area contributed by atoms with Crippen molar-refractivity contribution in [3.63, 3.8) is 0 Å². The summed E-state index contributed by atoms with van der Waals surface area (Å²) in [4.78, 5) is 29.3. The maximum Gasteiger partial charge on any atom is 0.338 e. The molecule has 0 radical (unpaired) electrons. The fourth-order valence-corrected chi connectivity index (χ4v) is 3.07. The number of nitrogens with one attached hydrogen (secondary N) is 1. The summed E-state index contributed by atoms with van der Waals surface area (Å²) in [6, 6.07) is 16.2. The van der Waals surface area contributed by atoms with Crippen molar-refractivity contribution >= 4 is 28.9 Å². The molecule has 1 amide bonds. The normalized spacial score (nSPS) is 10.3. The molecule has 1 aromatic heterocycles. The molecule has 0 aliphatic carbocycles. The lowest BCUT2D eigenvalue weighted by Gasteiger charge is -2.07. The first-order valence-corrected chi connectivity index (χ1v) is 9.14. The first kappa shape index (κ1) is 17.8. The third kappa shape index (κ3) is 4.15. The van der Waals surface area contributed by atoms with Gasteiger partial charge in [-0.3, -0.25) is 4.79 Å². The molecule has 3 rings (SSSR count). The number of thiazole rings is 1. The van der Waals surface area contributed by atoms with Gasteiger partial charge in [0.15, 0.2) is 0 Å². The van der Waals surface area contributed by atoms with Crippen molar-refractivity contribution in [3.8, 4) is 11.3 Å². The minimum Gasteiger partial charge on any atom is -0.462 e. The van der Waals surface area contributed by atoms with Crippen LogP contribution in [0.15, 0.2) is 60.1 Å². The van der Waals surface area contributed by atoms with Gasteiger partial charge in [0.25, 0.3) is 5.91 Å². The van der Waals surface area contributed by atoms with E-state index in [1.807, 2.05) is 37.3 Å². The molecule has 0 aliphatic heterocycles. The van der Waals surface area contributed by atoms with Gasteiger partial charge < -0.3 is 10.1 Å². The molecule has 0 unspecified atom stereocenters. The fourth-order valence-electron chi connectivity index (χ4n) is 2.36. The van der Waals surface area contributed by atoms with Crippen molar-refractivity contribution in [2.75, 3.05) is 11.9 Å². The third-order valence-corrected chi connectivity index (χ3v) is 4.46. The summed E-state index contributed by atoms with van der Waals surface area (Å²) in [5.41, 5.74) is 4.28. The molecule has 0 saturated carbocycles. The molecule has 0 fully saturated rings. The van der Waals surface area contributed by atoms with Gasteiger partial charge in [-0.1, -0.05) is 37.3 Å². The minimum atomic E-state index is -0.362. The predicted molar refractivity (Wildman–Crippen MR) is 103 cm³/mol. The first-order chi connectivity index (χ1) is 12.7. The van der Waals surface area contributed by atoms with Crippen LogP contribution < -0.4 is 5.32 Å². The summed E-state index contributed by atoms with van der Waals surface area (Å²) in [7, 11) is 0. The summed E-state index contributed by atoms with van der Waals surface area (Å²) >= 11 is 1.29. The quantitative estimate of drug-likeness (QED) is 0.646. The van der Waals surface area contributed by atoms with Crippen LogP contribution in [0.4, 0.5) is 5.69 Å². The SMILES string of the molecule is CCCOC(=O)c1ccc(NC(=O)c2scnc2-c2ccccc2)cc1. The van der Waals surface area contributed by atoms with Crippen LogP contribution in [0.25, 0.3) is 11.3 Å². The van der Waals surface area contributed by atoms with Crippen molar-refractivity contribution < 1.29 is 14.3 Å². The van der Waals surface area contributed by atoms with Crippen molar-refractivity contribution in [1.29, 1.82) is 0 Å². The number of ether oxygens (including phenoxy) is 1. The number of anilines is 1. The van der Waals surface area contributed by atoms with Crippen LogP contribution in [0, 0.1) is 0 Å². The summed E-state index contributed by atoms with van der Waals surface area (Å²) in [6.45, 7) is 2.33. The number of aromatic nitrogens is 1. The molecule has 1 heterocycles. The Balaban J connectivity index is 1.71. The molecule has 1 N–H and O–H groups in total. The first-order valence-electron chi connectivity index (χ1n) is 8.26. The van der Waals surface area contributed by atoms with E-state index in [1.165, 1.54) is 11.3 Å². The number of carbonyl (C=O) groups is 2. The van der Waals surface area contributed by atoms with Crippen molar-refractivity contribution in [2.45, 2.75) is 13.3 Å². The van der Waals surface area contributed by atoms with Gasteiger partial charge in [0.1, 0.15) is 4.88 Å². The van der Waals surface area contributed by atoms with E-state index in [0.29, 0.717) is 28.4 Å². The largest absolute Gasteiger partial charge is 0.462 e. The topological polar surface area (TPSA) is 68.3 Å². The van der Waals surface area contributed by atoms with Crippen molar-refractivity contribution in [1.82, 2.24) is 4.98 Å². The van der Waals surface area contributed by atoms with E-state index in [4.69, 9.17) is 4.74 Å². The van der Waals surface area contributed by atoms with Gasteiger partial charge >= 0.3 is 5.97 Å². The van der Waals surface area contributed by atoms with Crippen LogP contribution in [-0.2, 0) is 4.74 Å². The summed E-state index contributed by atoms with van der Waals surface area (Å²) in [5, 5.41) is 2.84. The van der Waals surface area contributed by atoms with E-state index < -0.39 is 0 Å². The summed E-state index contributed by atoms with van der Waals surface area (Å²) in [5.74, 6) is -0.591. The van der Waals surface area contributed by atoms with Crippen LogP contribution in [0.5, 0.6) is 0 Å². The molecule has 132 valence electrons. The van der Waals surface area contributed by atoms with Gasteiger partial charge in [-0.25, -0.2) is 9.78 Å². The van der Waals surface area contributed by atoms with Crippen LogP contribution in [0.3, 0.4) is 0 Å². The summed E-state index contributed by atoms with van der Waals surface area (Å²) < 4.78 is 5.09. The number of esters is 1. The maximum absolute atomic E-state index is 12.6. The second-order valence-electron chi connectivity index (χ2n) is 5.56. The van der Waals surface area contributed by atoms with E-state index in [-0.39, 0.29) is 11.9 Å². The highest BCUT2D eigenvalue weighted by atomic mass is 32.1. The number of benzene rings is 2. The molecule has 3 aromatic rings. The van der Waals surface area contributed by atoms with Gasteiger partial charge in [-0.2, -0.15) is 0 Å². The zero-order valence-corrected chi connectivity index (χ0v) is 15.1. The van der Waals surface area contributed by atoms with Gasteiger partial charge in [-0.05, 0) is 30.7 Å². The van der Waals surface area contributed by atoms with E-state index in [2.05, 4.69) is 10.3 Å². The van der Waals surface area contributed by atoms with E-state index in [9.17, 15) is 9.59 Å². The molecule has 0 spiro atoms. The molecule has 0 bridgehead atoms. The number of hydrogen-bond acceptors (Lipinski definition) is 5. The Morgan fingerprint density at radius 1 is 1.08 bits per heavy atom. The van der Waals surface area contributed by atoms with Gasteiger partial charge in [-0.15, -0.1) is 11.3 Å². The molecule has 0 atom stereocenters. The van der Waals surface area contributed by atoms with E-state index in [1.54, 1.807) is 29.8 Å². The van der Waals surface area contributed by atoms with Gasteiger partial charge in [0, 0.05) is 11.3 Å². The fraction of sp³-hybridized carbons (Fsp3) is 0.150. The minimum absolute atomic E-state index is 0.229. The average Bonchev–Trinajstić information content (AvgIpc) is 3.17. The number of amides is 1. The standard InChI is InChI=1S/C20H18N2O3S/c1-2-12-25-20(24)15-8-10-16(11-9-15)22-19(23)18-17(21-13-26-18)14-6-4-3-5-7-14/h3-11,13H,2,12H2,1H3,(H,22,23). The van der Waals surface area contributed by atoms with Crippen LogP contribution in [-0.4, -0.2) is 23.5 Å². The maximum atomic E-state index is 12.6. The lowest BCUT2D eigenvalue weighted by atomic mass is 10.1. The second kappa shape index (κ2) is 8.40. The number of nitrogens with zero attached hydrogens (tertiary/aromatic N) is 1. The number of rotatable bonds is 6. The van der Waals surface area contributed by atoms with Gasteiger partial charge in [0.2, 0.25) is 0 Å². The Kier molecular flexibility index (Phi) is 5.76. The molecule has 0 aliphatic rings. The smallest absolute Gasteiger partial charge is 0.338 e. The van der Waals surface area contributed by atoms with Crippen molar-refractivity contribution in [3.05, 3.63) is 70.5 Å². The lowest BCUT2D eigenvalue weighted by molar-refractivity contribution is 0.0505. The Labute approximate surface area is 155 Å². The zero-order chi connectivity index (χ0) is 18.4. The molecular weight excluding hydrogens is 348 g/mol. The molecule has 5 nitrogen and oxygen atoms in total. The molecule has 6 heteroatoms. The highest BCUT2D eigenvalue weighted by Gasteiger charge is 2.16. The second-order valence-corrected chi connectivity index (χ2v) is 6.42. The van der Waals surface area contributed by atoms with E-state index in [0.717, 1.165) is 12.0 Å². The van der Waals surface area contributed by atoms with E-state index >= 15 is 0 Å².